The molecule has 0 spiro atoms. The molecule has 3 heterocycles. The van der Waals surface area contributed by atoms with Crippen molar-refractivity contribution in [2.75, 3.05) is 36.5 Å². The Bertz CT molecular complexity index is 1180. The number of thiophene rings is 1. The Labute approximate surface area is 202 Å². The number of aryl methyl sites for hydroxylation is 3. The highest BCUT2D eigenvalue weighted by Crippen LogP contribution is 2.33. The number of rotatable bonds is 7. The average molecular weight is 483 g/mol. The number of carbonyl (C=O) groups is 1. The van der Waals surface area contributed by atoms with Gasteiger partial charge in [-0.3, -0.25) is 14.2 Å². The van der Waals surface area contributed by atoms with E-state index in [1.54, 1.807) is 22.2 Å². The van der Waals surface area contributed by atoms with Gasteiger partial charge in [-0.1, -0.05) is 12.1 Å². The number of anilines is 1. The second-order valence-electron chi connectivity index (χ2n) is 8.83. The maximum absolute atomic E-state index is 13.0. The van der Waals surface area contributed by atoms with Crippen molar-refractivity contribution < 1.29 is 4.79 Å². The molecule has 0 unspecified atom stereocenters. The molecule has 33 heavy (non-hydrogen) atoms. The summed E-state index contributed by atoms with van der Waals surface area (Å²) >= 11 is 3.69. The molecule has 8 heteroatoms. The Balaban J connectivity index is 1.16. The summed E-state index contributed by atoms with van der Waals surface area (Å²) in [6.45, 7) is 3.79. The third-order valence-electron chi connectivity index (χ3n) is 6.58. The van der Waals surface area contributed by atoms with E-state index in [0.717, 1.165) is 48.1 Å². The van der Waals surface area contributed by atoms with Crippen molar-refractivity contribution in [2.45, 2.75) is 45.1 Å². The lowest BCUT2D eigenvalue weighted by Crippen LogP contribution is -2.34. The van der Waals surface area contributed by atoms with Crippen molar-refractivity contribution >= 4 is 44.9 Å². The molecule has 3 aromatic rings. The first-order valence-electron chi connectivity index (χ1n) is 11.9. The average Bonchev–Trinajstić information content (AvgIpc) is 3.23. The monoisotopic (exact) mass is 482 g/mol. The van der Waals surface area contributed by atoms with Crippen LogP contribution in [0.15, 0.2) is 35.4 Å². The van der Waals surface area contributed by atoms with Crippen LogP contribution in [0.25, 0.3) is 10.2 Å². The van der Waals surface area contributed by atoms with Crippen LogP contribution in [0.3, 0.4) is 0 Å². The van der Waals surface area contributed by atoms with Gasteiger partial charge in [-0.25, -0.2) is 4.98 Å². The zero-order chi connectivity index (χ0) is 22.6. The fourth-order valence-corrected chi connectivity index (χ4v) is 6.85. The molecule has 0 radical (unpaired) electrons. The zero-order valence-corrected chi connectivity index (χ0v) is 20.5. The number of benzene rings is 1. The number of fused-ring (bicyclic) bond motifs is 3. The van der Waals surface area contributed by atoms with Gasteiger partial charge in [-0.05, 0) is 55.4 Å². The Hall–Kier alpha value is -2.16. The van der Waals surface area contributed by atoms with Gasteiger partial charge in [-0.15, -0.1) is 11.3 Å². The summed E-state index contributed by atoms with van der Waals surface area (Å²) in [5.74, 6) is 2.38. The van der Waals surface area contributed by atoms with Crippen molar-refractivity contribution in [1.29, 1.82) is 0 Å². The molecule has 1 aliphatic heterocycles. The van der Waals surface area contributed by atoms with Crippen molar-refractivity contribution in [3.63, 3.8) is 0 Å². The molecule has 5 rings (SSSR count). The highest BCUT2D eigenvalue weighted by atomic mass is 32.2. The van der Waals surface area contributed by atoms with E-state index >= 15 is 0 Å². The Morgan fingerprint density at radius 1 is 1.06 bits per heavy atom. The first-order chi connectivity index (χ1) is 16.2. The van der Waals surface area contributed by atoms with E-state index in [1.807, 2.05) is 23.9 Å². The molecule has 1 N–H and O–H groups in total. The molecular weight excluding hydrogens is 452 g/mol. The predicted octanol–water partition coefficient (Wildman–Crippen LogP) is 3.96. The Morgan fingerprint density at radius 3 is 2.67 bits per heavy atom. The lowest BCUT2D eigenvalue weighted by molar-refractivity contribution is -0.116. The molecule has 174 valence electrons. The molecule has 1 aliphatic carbocycles. The molecule has 0 saturated carbocycles. The first-order valence-corrected chi connectivity index (χ1v) is 13.8. The third kappa shape index (κ3) is 5.34. The molecule has 1 aromatic carbocycles. The van der Waals surface area contributed by atoms with Gasteiger partial charge in [0, 0.05) is 54.7 Å². The predicted molar refractivity (Wildman–Crippen MR) is 138 cm³/mol. The SMILES string of the molecule is O=C(CCn1cnc2sc3c(c2c1=O)CCCC3)Nc1ccc(CCN2CCSCC2)cc1. The topological polar surface area (TPSA) is 67.2 Å². The third-order valence-corrected chi connectivity index (χ3v) is 8.72. The molecule has 1 fully saturated rings. The van der Waals surface area contributed by atoms with E-state index in [1.165, 1.54) is 47.0 Å². The van der Waals surface area contributed by atoms with Gasteiger partial charge in [0.25, 0.3) is 5.56 Å². The highest BCUT2D eigenvalue weighted by Gasteiger charge is 2.20. The Kier molecular flexibility index (Phi) is 7.13. The smallest absolute Gasteiger partial charge is 0.262 e. The number of thioether (sulfide) groups is 1. The van der Waals surface area contributed by atoms with E-state index in [0.29, 0.717) is 6.54 Å². The minimum absolute atomic E-state index is 0.0103. The standard InChI is InChI=1S/C25H30N4O2S2/c30-22(27-19-7-5-18(6-8-19)9-11-28-13-15-32-16-14-28)10-12-29-17-26-24-23(25(29)31)20-3-1-2-4-21(20)33-24/h5-8,17H,1-4,9-16H2,(H,27,30). The number of carbonyl (C=O) groups excluding carboxylic acids is 1. The van der Waals surface area contributed by atoms with Crippen LogP contribution in [0.5, 0.6) is 0 Å². The van der Waals surface area contributed by atoms with E-state index in [4.69, 9.17) is 0 Å². The number of nitrogens with one attached hydrogen (secondary N) is 1. The van der Waals surface area contributed by atoms with Crippen LogP contribution in [0.2, 0.25) is 0 Å². The first kappa shape index (κ1) is 22.6. The maximum atomic E-state index is 13.0. The normalized spacial score (nSPS) is 16.6. The minimum atomic E-state index is -0.0899. The summed E-state index contributed by atoms with van der Waals surface area (Å²) in [4.78, 5) is 34.7. The largest absolute Gasteiger partial charge is 0.326 e. The maximum Gasteiger partial charge on any atom is 0.262 e. The second kappa shape index (κ2) is 10.4. The fraction of sp³-hybridized carbons (Fsp3) is 0.480. The number of aromatic nitrogens is 2. The van der Waals surface area contributed by atoms with Gasteiger partial charge in [0.2, 0.25) is 5.91 Å². The number of hydrogen-bond donors (Lipinski definition) is 1. The summed E-state index contributed by atoms with van der Waals surface area (Å²) in [6.07, 6.45) is 7.20. The van der Waals surface area contributed by atoms with Crippen LogP contribution >= 0.6 is 23.1 Å². The van der Waals surface area contributed by atoms with Gasteiger partial charge in [0.15, 0.2) is 0 Å². The molecule has 2 aromatic heterocycles. The summed E-state index contributed by atoms with van der Waals surface area (Å²) in [7, 11) is 0. The van der Waals surface area contributed by atoms with Crippen molar-refractivity contribution in [3.8, 4) is 0 Å². The molecule has 6 nitrogen and oxygen atoms in total. The van der Waals surface area contributed by atoms with Crippen LogP contribution in [0.4, 0.5) is 5.69 Å². The number of nitrogens with zero attached hydrogens (tertiary/aromatic N) is 3. The van der Waals surface area contributed by atoms with Crippen LogP contribution in [-0.2, 0) is 30.6 Å². The van der Waals surface area contributed by atoms with Crippen molar-refractivity contribution in [3.05, 3.63) is 57.0 Å². The minimum Gasteiger partial charge on any atom is -0.326 e. The summed E-state index contributed by atoms with van der Waals surface area (Å²) in [6, 6.07) is 8.13. The van der Waals surface area contributed by atoms with Crippen LogP contribution in [0.1, 0.15) is 35.3 Å². The van der Waals surface area contributed by atoms with E-state index in [9.17, 15) is 9.59 Å². The van der Waals surface area contributed by atoms with Crippen molar-refractivity contribution in [2.24, 2.45) is 0 Å². The summed E-state index contributed by atoms with van der Waals surface area (Å²) in [5, 5.41) is 3.74. The van der Waals surface area contributed by atoms with Crippen LogP contribution in [-0.4, -0.2) is 51.5 Å². The highest BCUT2D eigenvalue weighted by molar-refractivity contribution is 7.99. The molecule has 0 bridgehead atoms. The van der Waals surface area contributed by atoms with E-state index < -0.39 is 0 Å². The summed E-state index contributed by atoms with van der Waals surface area (Å²) < 4.78 is 1.59. The molecule has 1 amide bonds. The van der Waals surface area contributed by atoms with Crippen LogP contribution in [0, 0.1) is 0 Å². The van der Waals surface area contributed by atoms with Gasteiger partial charge in [0.1, 0.15) is 4.83 Å². The molecule has 1 saturated heterocycles. The Morgan fingerprint density at radius 2 is 1.85 bits per heavy atom. The van der Waals surface area contributed by atoms with Crippen molar-refractivity contribution in [1.82, 2.24) is 14.5 Å². The van der Waals surface area contributed by atoms with Gasteiger partial charge < -0.3 is 10.2 Å². The van der Waals surface area contributed by atoms with Gasteiger partial charge in [0.05, 0.1) is 11.7 Å². The molecule has 2 aliphatic rings. The molecule has 0 atom stereocenters. The quantitative estimate of drug-likeness (QED) is 0.552. The number of hydrogen-bond acceptors (Lipinski definition) is 6. The van der Waals surface area contributed by atoms with Gasteiger partial charge in [-0.2, -0.15) is 11.8 Å². The zero-order valence-electron chi connectivity index (χ0n) is 18.8. The van der Waals surface area contributed by atoms with Crippen LogP contribution < -0.4 is 10.9 Å². The fourth-order valence-electron chi connectivity index (χ4n) is 4.65. The van der Waals surface area contributed by atoms with E-state index in [-0.39, 0.29) is 17.9 Å². The lowest BCUT2D eigenvalue weighted by atomic mass is 9.97. The summed E-state index contributed by atoms with van der Waals surface area (Å²) in [5.41, 5.74) is 3.27. The van der Waals surface area contributed by atoms with Gasteiger partial charge >= 0.3 is 0 Å². The van der Waals surface area contributed by atoms with E-state index in [2.05, 4.69) is 27.3 Å². The second-order valence-corrected chi connectivity index (χ2v) is 11.1. The lowest BCUT2D eigenvalue weighted by Gasteiger charge is -2.26. The molecular formula is C25H30N4O2S2. The number of amides is 1.